The van der Waals surface area contributed by atoms with Gasteiger partial charge in [0.15, 0.2) is 0 Å². The van der Waals surface area contributed by atoms with Crippen molar-refractivity contribution in [1.29, 1.82) is 0 Å². The average Bonchev–Trinajstić information content (AvgIpc) is 2.30. The molecule has 1 unspecified atom stereocenters. The maximum absolute atomic E-state index is 3.38. The molecule has 2 heteroatoms. The van der Waals surface area contributed by atoms with Gasteiger partial charge in [-0.05, 0) is 32.4 Å². The molecule has 2 rings (SSSR count). The summed E-state index contributed by atoms with van der Waals surface area (Å²) in [5.74, 6) is 0.681. The van der Waals surface area contributed by atoms with Gasteiger partial charge in [0.25, 0.3) is 0 Å². The predicted molar refractivity (Wildman–Crippen MR) is 64.9 cm³/mol. The average molecular weight is 206 g/mol. The topological polar surface area (TPSA) is 15.3 Å². The lowest BCUT2D eigenvalue weighted by molar-refractivity contribution is 0.351. The molecule has 0 saturated carbocycles. The maximum Gasteiger partial charge on any atom is 0.0163 e. The minimum atomic E-state index is 0.681. The fourth-order valence-corrected chi connectivity index (χ4v) is 2.45. The second kappa shape index (κ2) is 4.95. The van der Waals surface area contributed by atoms with Crippen LogP contribution >= 0.6 is 0 Å². The van der Waals surface area contributed by atoms with E-state index in [0.29, 0.717) is 5.92 Å². The summed E-state index contributed by atoms with van der Waals surface area (Å²) in [5.41, 5.74) is 3.30. The van der Waals surface area contributed by atoms with Crippen LogP contribution < -0.4 is 5.32 Å². The normalized spacial score (nSPS) is 25.7. The van der Waals surface area contributed by atoms with Gasteiger partial charge in [0.1, 0.15) is 0 Å². The van der Waals surface area contributed by atoms with Gasteiger partial charge in [0.2, 0.25) is 0 Å². The highest BCUT2D eigenvalue weighted by atomic mass is 15.1. The van der Waals surface area contributed by atoms with Gasteiger partial charge in [0.05, 0.1) is 0 Å². The van der Waals surface area contributed by atoms with Crippen molar-refractivity contribution in [1.82, 2.24) is 10.2 Å². The monoisotopic (exact) mass is 206 g/mol. The smallest absolute Gasteiger partial charge is 0.0163 e. The summed E-state index contributed by atoms with van der Waals surface area (Å²) in [6.45, 7) is 6.94. The Morgan fingerprint density at radius 3 is 2.67 bits per heavy atom. The van der Waals surface area contributed by atoms with Crippen molar-refractivity contribution in [3.8, 4) is 0 Å². The van der Waals surface area contributed by atoms with Crippen molar-refractivity contribution in [2.75, 3.05) is 33.2 Å². The third-order valence-electron chi connectivity index (χ3n) is 3.66. The van der Waals surface area contributed by atoms with E-state index in [0.717, 1.165) is 19.6 Å². The summed E-state index contributed by atoms with van der Waals surface area (Å²) in [7, 11) is 2.20. The molecule has 1 atom stereocenters. The van der Waals surface area contributed by atoms with Crippen molar-refractivity contribution in [3.05, 3.63) is 23.3 Å². The number of hydrogen-bond acceptors (Lipinski definition) is 2. The molecule has 2 heterocycles. The number of likely N-dealkylation sites (N-methyl/N-ethyl adjacent to an activating group) is 1. The van der Waals surface area contributed by atoms with Crippen molar-refractivity contribution in [3.63, 3.8) is 0 Å². The van der Waals surface area contributed by atoms with Gasteiger partial charge < -0.3 is 10.2 Å². The molecule has 0 fully saturated rings. The molecule has 2 aliphatic rings. The predicted octanol–water partition coefficient (Wildman–Crippen LogP) is 1.80. The molecule has 1 N–H and O–H groups in total. The zero-order valence-corrected chi connectivity index (χ0v) is 9.92. The Balaban J connectivity index is 2.01. The van der Waals surface area contributed by atoms with E-state index in [-0.39, 0.29) is 0 Å². The van der Waals surface area contributed by atoms with Crippen molar-refractivity contribution < 1.29 is 0 Å². The van der Waals surface area contributed by atoms with Crippen LogP contribution in [0.1, 0.15) is 19.8 Å². The summed E-state index contributed by atoms with van der Waals surface area (Å²) in [5, 5.41) is 3.38. The second-order valence-electron chi connectivity index (χ2n) is 4.75. The molecule has 2 aliphatic heterocycles. The van der Waals surface area contributed by atoms with E-state index in [4.69, 9.17) is 0 Å². The molecule has 0 aromatic heterocycles. The van der Waals surface area contributed by atoms with Crippen LogP contribution in [0.25, 0.3) is 0 Å². The van der Waals surface area contributed by atoms with Gasteiger partial charge in [-0.1, -0.05) is 30.2 Å². The van der Waals surface area contributed by atoms with Crippen LogP contribution in [0.15, 0.2) is 23.3 Å². The molecule has 84 valence electrons. The molecule has 2 nitrogen and oxygen atoms in total. The molecular weight excluding hydrogens is 184 g/mol. The van der Waals surface area contributed by atoms with Gasteiger partial charge in [0, 0.05) is 19.6 Å². The highest BCUT2D eigenvalue weighted by Crippen LogP contribution is 2.27. The van der Waals surface area contributed by atoms with Crippen LogP contribution in [0, 0.1) is 5.92 Å². The third-order valence-corrected chi connectivity index (χ3v) is 3.66. The number of rotatable bonds is 2. The van der Waals surface area contributed by atoms with Gasteiger partial charge in [-0.3, -0.25) is 0 Å². The number of nitrogens with zero attached hydrogens (tertiary/aromatic N) is 1. The van der Waals surface area contributed by atoms with Crippen molar-refractivity contribution in [2.24, 2.45) is 5.92 Å². The zero-order chi connectivity index (χ0) is 10.7. The number of hydrogen-bond donors (Lipinski definition) is 1. The van der Waals surface area contributed by atoms with Crippen LogP contribution in [0.2, 0.25) is 0 Å². The standard InChI is InChI=1S/C13H22N2/c1-11(12-3-7-14-8-4-12)13-5-9-15(2)10-6-13/h3,5,11,14H,4,6-10H2,1-2H3. The maximum atomic E-state index is 3.38. The Morgan fingerprint density at radius 1 is 1.27 bits per heavy atom. The fraction of sp³-hybridized carbons (Fsp3) is 0.692. The van der Waals surface area contributed by atoms with E-state index in [1.54, 1.807) is 11.1 Å². The highest BCUT2D eigenvalue weighted by molar-refractivity contribution is 5.23. The minimum Gasteiger partial charge on any atom is -0.313 e. The largest absolute Gasteiger partial charge is 0.313 e. The second-order valence-corrected chi connectivity index (χ2v) is 4.75. The first-order valence-corrected chi connectivity index (χ1v) is 6.04. The molecule has 0 amide bonds. The lowest BCUT2D eigenvalue weighted by Gasteiger charge is -2.28. The first-order valence-electron chi connectivity index (χ1n) is 6.04. The molecule has 0 radical (unpaired) electrons. The molecule has 0 spiro atoms. The SMILES string of the molecule is CC(C1=CCNCC1)C1=CCN(C)CC1. The van der Waals surface area contributed by atoms with Crippen LogP contribution in [0.5, 0.6) is 0 Å². The highest BCUT2D eigenvalue weighted by Gasteiger charge is 2.18. The molecule has 15 heavy (non-hydrogen) atoms. The van der Waals surface area contributed by atoms with Crippen molar-refractivity contribution in [2.45, 2.75) is 19.8 Å². The van der Waals surface area contributed by atoms with Crippen molar-refractivity contribution >= 4 is 0 Å². The van der Waals surface area contributed by atoms with Crippen LogP contribution in [-0.2, 0) is 0 Å². The minimum absolute atomic E-state index is 0.681. The summed E-state index contributed by atoms with van der Waals surface area (Å²) in [4.78, 5) is 2.38. The van der Waals surface area contributed by atoms with E-state index < -0.39 is 0 Å². The Bertz CT molecular complexity index is 278. The third kappa shape index (κ3) is 2.70. The quantitative estimate of drug-likeness (QED) is 0.693. The Hall–Kier alpha value is -0.600. The lowest BCUT2D eigenvalue weighted by Crippen LogP contribution is -2.28. The fourth-order valence-electron chi connectivity index (χ4n) is 2.45. The summed E-state index contributed by atoms with van der Waals surface area (Å²) < 4.78 is 0. The molecule has 0 aromatic carbocycles. The lowest BCUT2D eigenvalue weighted by atomic mass is 9.86. The summed E-state index contributed by atoms with van der Waals surface area (Å²) in [6, 6.07) is 0. The Kier molecular flexibility index (Phi) is 3.60. The Morgan fingerprint density at radius 2 is 2.07 bits per heavy atom. The molecule has 0 aliphatic carbocycles. The van der Waals surface area contributed by atoms with E-state index >= 15 is 0 Å². The van der Waals surface area contributed by atoms with Crippen LogP contribution in [-0.4, -0.2) is 38.1 Å². The van der Waals surface area contributed by atoms with Gasteiger partial charge >= 0.3 is 0 Å². The van der Waals surface area contributed by atoms with E-state index in [1.165, 1.54) is 19.4 Å². The molecular formula is C13H22N2. The summed E-state index contributed by atoms with van der Waals surface area (Å²) in [6.07, 6.45) is 7.29. The van der Waals surface area contributed by atoms with E-state index in [2.05, 4.69) is 36.3 Å². The molecule has 0 aromatic rings. The first kappa shape index (κ1) is 10.9. The number of nitrogens with one attached hydrogen (secondary N) is 1. The van der Waals surface area contributed by atoms with E-state index in [9.17, 15) is 0 Å². The molecule has 0 bridgehead atoms. The zero-order valence-electron chi connectivity index (χ0n) is 9.92. The summed E-state index contributed by atoms with van der Waals surface area (Å²) >= 11 is 0. The van der Waals surface area contributed by atoms with E-state index in [1.807, 2.05) is 0 Å². The van der Waals surface area contributed by atoms with Crippen LogP contribution in [0.4, 0.5) is 0 Å². The van der Waals surface area contributed by atoms with Gasteiger partial charge in [-0.15, -0.1) is 0 Å². The van der Waals surface area contributed by atoms with Crippen LogP contribution in [0.3, 0.4) is 0 Å². The Labute approximate surface area is 93.0 Å². The first-order chi connectivity index (χ1) is 7.27. The molecule has 0 saturated heterocycles. The van der Waals surface area contributed by atoms with Gasteiger partial charge in [-0.25, -0.2) is 0 Å². The van der Waals surface area contributed by atoms with Gasteiger partial charge in [-0.2, -0.15) is 0 Å².